The standard InChI is InChI=1S/C30H37NO5S2/c1-6-35-27(32)10-8-7-9-17-31-28(33)26(38-29(31)37)19-22-13-16-24(25(18-22)34-5)36-20-21-11-14-23(15-12-21)30(2,3)4/h11-16,18-19H,6-10,17,20H2,1-5H3/b26-19+. The number of esters is 1. The molecule has 1 heterocycles. The molecule has 204 valence electrons. The van der Waals surface area contributed by atoms with E-state index in [9.17, 15) is 9.59 Å². The Morgan fingerprint density at radius 3 is 2.45 bits per heavy atom. The molecule has 1 fully saturated rings. The van der Waals surface area contributed by atoms with Crippen LogP contribution in [-0.2, 0) is 26.3 Å². The first-order valence-electron chi connectivity index (χ1n) is 12.9. The van der Waals surface area contributed by atoms with Crippen LogP contribution in [0.4, 0.5) is 0 Å². The van der Waals surface area contributed by atoms with Crippen LogP contribution in [0.15, 0.2) is 47.4 Å². The molecule has 6 nitrogen and oxygen atoms in total. The number of hydrogen-bond donors (Lipinski definition) is 0. The molecule has 1 aliphatic rings. The third-order valence-corrected chi connectivity index (χ3v) is 7.52. The lowest BCUT2D eigenvalue weighted by atomic mass is 9.87. The van der Waals surface area contributed by atoms with Gasteiger partial charge in [0, 0.05) is 13.0 Å². The second kappa shape index (κ2) is 13.8. The molecular weight excluding hydrogens is 518 g/mol. The molecule has 3 rings (SSSR count). The van der Waals surface area contributed by atoms with Gasteiger partial charge in [-0.15, -0.1) is 0 Å². The lowest BCUT2D eigenvalue weighted by Crippen LogP contribution is -2.29. The van der Waals surface area contributed by atoms with Gasteiger partial charge in [0.25, 0.3) is 5.91 Å². The maximum absolute atomic E-state index is 13.0. The van der Waals surface area contributed by atoms with E-state index in [2.05, 4.69) is 45.0 Å². The van der Waals surface area contributed by atoms with Crippen LogP contribution in [0.25, 0.3) is 6.08 Å². The van der Waals surface area contributed by atoms with Crippen LogP contribution in [0.2, 0.25) is 0 Å². The number of nitrogens with zero attached hydrogens (tertiary/aromatic N) is 1. The highest BCUT2D eigenvalue weighted by molar-refractivity contribution is 8.26. The summed E-state index contributed by atoms with van der Waals surface area (Å²) < 4.78 is 17.1. The summed E-state index contributed by atoms with van der Waals surface area (Å²) >= 11 is 6.75. The van der Waals surface area contributed by atoms with Crippen LogP contribution >= 0.6 is 24.0 Å². The molecule has 0 unspecified atom stereocenters. The Morgan fingerprint density at radius 1 is 1.05 bits per heavy atom. The number of methoxy groups -OCH3 is 1. The van der Waals surface area contributed by atoms with Crippen LogP contribution in [0.5, 0.6) is 11.5 Å². The highest BCUT2D eigenvalue weighted by atomic mass is 32.2. The number of unbranched alkanes of at least 4 members (excludes halogenated alkanes) is 2. The van der Waals surface area contributed by atoms with Crippen LogP contribution in [-0.4, -0.2) is 41.4 Å². The van der Waals surface area contributed by atoms with Gasteiger partial charge < -0.3 is 14.2 Å². The maximum Gasteiger partial charge on any atom is 0.305 e. The van der Waals surface area contributed by atoms with Crippen LogP contribution in [0.1, 0.15) is 70.1 Å². The Kier molecular flexibility index (Phi) is 10.8. The first-order chi connectivity index (χ1) is 18.1. The number of carbonyl (C=O) groups is 2. The molecule has 0 radical (unpaired) electrons. The van der Waals surface area contributed by atoms with E-state index < -0.39 is 0 Å². The van der Waals surface area contributed by atoms with Crippen molar-refractivity contribution in [2.45, 2.75) is 65.4 Å². The fourth-order valence-corrected chi connectivity index (χ4v) is 5.26. The Hall–Kier alpha value is -2.84. The number of hydrogen-bond acceptors (Lipinski definition) is 7. The molecule has 0 N–H and O–H groups in total. The SMILES string of the molecule is CCOC(=O)CCCCCN1C(=O)/C(=C\c2ccc(OCc3ccc(C(C)(C)C)cc3)c(OC)c2)SC1=S. The molecule has 38 heavy (non-hydrogen) atoms. The molecule has 0 atom stereocenters. The molecule has 2 aromatic carbocycles. The summed E-state index contributed by atoms with van der Waals surface area (Å²) in [6.45, 7) is 9.75. The highest BCUT2D eigenvalue weighted by Gasteiger charge is 2.31. The lowest BCUT2D eigenvalue weighted by Gasteiger charge is -2.19. The van der Waals surface area contributed by atoms with Crippen molar-refractivity contribution in [1.82, 2.24) is 4.90 Å². The number of thioether (sulfide) groups is 1. The van der Waals surface area contributed by atoms with E-state index in [0.717, 1.165) is 30.4 Å². The third kappa shape index (κ3) is 8.33. The average molecular weight is 556 g/mol. The summed E-state index contributed by atoms with van der Waals surface area (Å²) in [5.41, 5.74) is 3.30. The van der Waals surface area contributed by atoms with Crippen molar-refractivity contribution in [3.05, 3.63) is 64.1 Å². The molecule has 1 aliphatic heterocycles. The predicted molar refractivity (Wildman–Crippen MR) is 157 cm³/mol. The fraction of sp³-hybridized carbons (Fsp3) is 0.433. The van der Waals surface area contributed by atoms with Crippen molar-refractivity contribution in [2.75, 3.05) is 20.3 Å². The van der Waals surface area contributed by atoms with Gasteiger partial charge in [-0.25, -0.2) is 0 Å². The van der Waals surface area contributed by atoms with Gasteiger partial charge in [0.05, 0.1) is 18.6 Å². The number of ether oxygens (including phenoxy) is 3. The van der Waals surface area contributed by atoms with Crippen LogP contribution in [0, 0.1) is 0 Å². The molecule has 1 amide bonds. The summed E-state index contributed by atoms with van der Waals surface area (Å²) in [5.74, 6) is 0.966. The van der Waals surface area contributed by atoms with Gasteiger partial charge in [-0.1, -0.05) is 81.5 Å². The van der Waals surface area contributed by atoms with Crippen LogP contribution < -0.4 is 9.47 Å². The zero-order valence-electron chi connectivity index (χ0n) is 22.9. The van der Waals surface area contributed by atoms with E-state index in [1.54, 1.807) is 18.9 Å². The minimum Gasteiger partial charge on any atom is -0.493 e. The number of amides is 1. The number of benzene rings is 2. The van der Waals surface area contributed by atoms with E-state index in [-0.39, 0.29) is 17.3 Å². The molecule has 0 aliphatic carbocycles. The van der Waals surface area contributed by atoms with Crippen molar-refractivity contribution in [2.24, 2.45) is 0 Å². The normalized spacial score (nSPS) is 14.8. The van der Waals surface area contributed by atoms with Crippen LogP contribution in [0.3, 0.4) is 0 Å². The van der Waals surface area contributed by atoms with Crippen molar-refractivity contribution in [1.29, 1.82) is 0 Å². The fourth-order valence-electron chi connectivity index (χ4n) is 3.95. The molecule has 0 spiro atoms. The van der Waals surface area contributed by atoms with Gasteiger partial charge in [-0.05, 0) is 60.1 Å². The molecule has 0 bridgehead atoms. The second-order valence-electron chi connectivity index (χ2n) is 10.1. The Morgan fingerprint density at radius 2 is 1.79 bits per heavy atom. The summed E-state index contributed by atoms with van der Waals surface area (Å²) in [5, 5.41) is 0. The number of carbonyl (C=O) groups excluding carboxylic acids is 2. The second-order valence-corrected chi connectivity index (χ2v) is 11.8. The molecule has 2 aromatic rings. The lowest BCUT2D eigenvalue weighted by molar-refractivity contribution is -0.143. The Bertz CT molecular complexity index is 1170. The molecule has 8 heteroatoms. The summed E-state index contributed by atoms with van der Waals surface area (Å²) in [7, 11) is 1.60. The zero-order chi connectivity index (χ0) is 27.7. The van der Waals surface area contributed by atoms with E-state index in [0.29, 0.717) is 46.9 Å². The monoisotopic (exact) mass is 555 g/mol. The first-order valence-corrected chi connectivity index (χ1v) is 14.2. The highest BCUT2D eigenvalue weighted by Crippen LogP contribution is 2.35. The van der Waals surface area contributed by atoms with Gasteiger partial charge in [-0.2, -0.15) is 0 Å². The maximum atomic E-state index is 13.0. The van der Waals surface area contributed by atoms with Crippen molar-refractivity contribution in [3.8, 4) is 11.5 Å². The predicted octanol–water partition coefficient (Wildman–Crippen LogP) is 6.90. The molecule has 1 saturated heterocycles. The van der Waals surface area contributed by atoms with E-state index in [1.807, 2.05) is 24.3 Å². The van der Waals surface area contributed by atoms with Gasteiger partial charge in [0.15, 0.2) is 11.5 Å². The van der Waals surface area contributed by atoms with Crippen molar-refractivity contribution in [3.63, 3.8) is 0 Å². The summed E-state index contributed by atoms with van der Waals surface area (Å²) in [6, 6.07) is 14.1. The largest absolute Gasteiger partial charge is 0.493 e. The van der Waals surface area contributed by atoms with Gasteiger partial charge >= 0.3 is 5.97 Å². The first kappa shape index (κ1) is 29.7. The van der Waals surface area contributed by atoms with E-state index in [1.165, 1.54) is 17.3 Å². The quantitative estimate of drug-likeness (QED) is 0.122. The molecule has 0 aromatic heterocycles. The third-order valence-electron chi connectivity index (χ3n) is 6.14. The number of rotatable bonds is 12. The molecular formula is C30H37NO5S2. The average Bonchev–Trinajstić information content (AvgIpc) is 3.14. The minimum atomic E-state index is -0.178. The topological polar surface area (TPSA) is 65.1 Å². The Balaban J connectivity index is 1.57. The Labute approximate surface area is 235 Å². The van der Waals surface area contributed by atoms with E-state index >= 15 is 0 Å². The summed E-state index contributed by atoms with van der Waals surface area (Å²) in [6.07, 6.45) is 4.57. The minimum absolute atomic E-state index is 0.0941. The van der Waals surface area contributed by atoms with Gasteiger partial charge in [0.2, 0.25) is 0 Å². The summed E-state index contributed by atoms with van der Waals surface area (Å²) in [4.78, 5) is 26.6. The van der Waals surface area contributed by atoms with Gasteiger partial charge in [0.1, 0.15) is 10.9 Å². The van der Waals surface area contributed by atoms with E-state index in [4.69, 9.17) is 26.4 Å². The van der Waals surface area contributed by atoms with Gasteiger partial charge in [-0.3, -0.25) is 14.5 Å². The number of thiocarbonyl (C=S) groups is 1. The zero-order valence-corrected chi connectivity index (χ0v) is 24.5. The van der Waals surface area contributed by atoms with Crippen molar-refractivity contribution >= 4 is 46.3 Å². The molecule has 0 saturated carbocycles. The smallest absolute Gasteiger partial charge is 0.305 e. The van der Waals surface area contributed by atoms with Crippen molar-refractivity contribution < 1.29 is 23.8 Å².